The van der Waals surface area contributed by atoms with E-state index in [1.54, 1.807) is 7.22 Å². The third-order valence-electron chi connectivity index (χ3n) is 4.56. The van der Waals surface area contributed by atoms with Crippen molar-refractivity contribution in [3.63, 3.8) is 0 Å². The molecule has 0 unspecified atom stereocenters. The number of hydrogen-bond donors (Lipinski definition) is 0. The van der Waals surface area contributed by atoms with Crippen molar-refractivity contribution in [2.24, 2.45) is 0 Å². The molecule has 0 bridgehead atoms. The van der Waals surface area contributed by atoms with Crippen molar-refractivity contribution in [1.82, 2.24) is 0 Å². The van der Waals surface area contributed by atoms with Crippen LogP contribution in [0.5, 0.6) is 0 Å². The van der Waals surface area contributed by atoms with Gasteiger partial charge in [0.15, 0.2) is 0 Å². The standard InChI is InChI=1S/C24H34Te2/c1-2-3-4-5-6-7-8-9-16-21-24(25-22-17-12-10-13-18-22)26-23-19-14-11-15-20-23/h10-15,17-20,24H,2-9,16,21H2,1H3. The third-order valence-corrected chi connectivity index (χ3v) is 14.2. The molecule has 2 rings (SSSR count). The normalized spacial score (nSPS) is 11.2. The Morgan fingerprint density at radius 2 is 1.00 bits per heavy atom. The Balaban J connectivity index is 1.70. The van der Waals surface area contributed by atoms with Crippen LogP contribution in [0.1, 0.15) is 71.1 Å². The zero-order chi connectivity index (χ0) is 18.3. The van der Waals surface area contributed by atoms with E-state index >= 15 is 0 Å². The SMILES string of the molecule is CCCCCCCCCCCC([Te]c1ccccc1)[Te]c1ccccc1. The second-order valence-corrected chi connectivity index (χ2v) is 17.1. The van der Waals surface area contributed by atoms with Gasteiger partial charge in [0, 0.05) is 0 Å². The van der Waals surface area contributed by atoms with Crippen molar-refractivity contribution in [1.29, 1.82) is 0 Å². The van der Waals surface area contributed by atoms with Crippen LogP contribution in [0.2, 0.25) is 2.01 Å². The molecule has 0 fully saturated rings. The molecule has 0 saturated heterocycles. The topological polar surface area (TPSA) is 0 Å². The molecule has 0 radical (unpaired) electrons. The van der Waals surface area contributed by atoms with Crippen LogP contribution in [-0.4, -0.2) is 41.8 Å². The van der Waals surface area contributed by atoms with Crippen LogP contribution in [0.25, 0.3) is 0 Å². The molecule has 2 aromatic carbocycles. The van der Waals surface area contributed by atoms with Gasteiger partial charge in [-0.25, -0.2) is 0 Å². The number of benzene rings is 2. The van der Waals surface area contributed by atoms with E-state index in [0.717, 1.165) is 2.01 Å². The van der Waals surface area contributed by atoms with Crippen LogP contribution in [0, 0.1) is 0 Å². The van der Waals surface area contributed by atoms with E-state index < -0.39 is 0 Å². The first-order valence-electron chi connectivity index (χ1n) is 10.3. The van der Waals surface area contributed by atoms with Gasteiger partial charge in [-0.05, 0) is 0 Å². The zero-order valence-corrected chi connectivity index (χ0v) is 20.9. The van der Waals surface area contributed by atoms with Crippen molar-refractivity contribution >= 4 is 49.1 Å². The van der Waals surface area contributed by atoms with E-state index in [9.17, 15) is 0 Å². The molecule has 0 aromatic heterocycles. The van der Waals surface area contributed by atoms with Gasteiger partial charge in [0.05, 0.1) is 0 Å². The van der Waals surface area contributed by atoms with Gasteiger partial charge in [-0.2, -0.15) is 0 Å². The van der Waals surface area contributed by atoms with Gasteiger partial charge >= 0.3 is 183 Å². The Kier molecular flexibility index (Phi) is 12.9. The molecular formula is C24H34Te2. The average Bonchev–Trinajstić information content (AvgIpc) is 2.68. The Bertz CT molecular complexity index is 511. The van der Waals surface area contributed by atoms with Crippen LogP contribution in [-0.2, 0) is 0 Å². The van der Waals surface area contributed by atoms with Gasteiger partial charge in [-0.1, -0.05) is 0 Å². The molecular weight excluding hydrogens is 543 g/mol. The minimum atomic E-state index is -0.0468. The fourth-order valence-corrected chi connectivity index (χ4v) is 13.5. The second kappa shape index (κ2) is 15.0. The summed E-state index contributed by atoms with van der Waals surface area (Å²) in [6.45, 7) is 2.30. The summed E-state index contributed by atoms with van der Waals surface area (Å²) in [5, 5.41) is 0. The zero-order valence-electron chi connectivity index (χ0n) is 16.2. The molecule has 0 aliphatic rings. The maximum absolute atomic E-state index is 2.36. The summed E-state index contributed by atoms with van der Waals surface area (Å²) < 4.78 is 4.33. The summed E-state index contributed by atoms with van der Waals surface area (Å²) in [7, 11) is 0. The molecule has 142 valence electrons. The first-order valence-corrected chi connectivity index (χ1v) is 15.3. The third kappa shape index (κ3) is 10.4. The van der Waals surface area contributed by atoms with Crippen LogP contribution < -0.4 is 7.22 Å². The van der Waals surface area contributed by atoms with Gasteiger partial charge < -0.3 is 0 Å². The van der Waals surface area contributed by atoms with E-state index in [1.807, 2.05) is 0 Å². The Labute approximate surface area is 181 Å². The minimum absolute atomic E-state index is 0.0468. The Hall–Kier alpha value is 0.0192. The quantitative estimate of drug-likeness (QED) is 0.199. The van der Waals surface area contributed by atoms with Crippen molar-refractivity contribution in [2.75, 3.05) is 0 Å². The summed E-state index contributed by atoms with van der Waals surface area (Å²) >= 11 is -0.0936. The summed E-state index contributed by atoms with van der Waals surface area (Å²) in [5.41, 5.74) is 0. The van der Waals surface area contributed by atoms with Crippen LogP contribution >= 0.6 is 0 Å². The van der Waals surface area contributed by atoms with Gasteiger partial charge in [-0.15, -0.1) is 0 Å². The van der Waals surface area contributed by atoms with Crippen molar-refractivity contribution in [2.45, 2.75) is 73.1 Å². The maximum atomic E-state index is 2.36. The molecule has 0 atom stereocenters. The van der Waals surface area contributed by atoms with E-state index in [2.05, 4.69) is 67.6 Å². The molecule has 2 heteroatoms. The first-order chi connectivity index (χ1) is 12.9. The molecule has 26 heavy (non-hydrogen) atoms. The number of rotatable bonds is 14. The molecule has 0 heterocycles. The molecule has 0 amide bonds. The van der Waals surface area contributed by atoms with E-state index in [1.165, 1.54) is 64.2 Å². The number of unbranched alkanes of at least 4 members (excludes halogenated alkanes) is 8. The van der Waals surface area contributed by atoms with Crippen molar-refractivity contribution < 1.29 is 0 Å². The van der Waals surface area contributed by atoms with Crippen LogP contribution in [0.15, 0.2) is 60.7 Å². The summed E-state index contributed by atoms with van der Waals surface area (Å²) in [6, 6.07) is 22.6. The Morgan fingerprint density at radius 3 is 1.46 bits per heavy atom. The molecule has 0 aliphatic heterocycles. The monoisotopic (exact) mass is 582 g/mol. The van der Waals surface area contributed by atoms with Gasteiger partial charge in [0.1, 0.15) is 0 Å². The summed E-state index contributed by atoms with van der Waals surface area (Å²) in [5.74, 6) is 0. The van der Waals surface area contributed by atoms with Crippen molar-refractivity contribution in [3.05, 3.63) is 60.7 Å². The summed E-state index contributed by atoms with van der Waals surface area (Å²) in [4.78, 5) is 0. The van der Waals surface area contributed by atoms with Gasteiger partial charge in [0.2, 0.25) is 0 Å². The molecule has 0 saturated carbocycles. The second-order valence-electron chi connectivity index (χ2n) is 6.91. The fraction of sp³-hybridized carbons (Fsp3) is 0.500. The van der Waals surface area contributed by atoms with E-state index in [0.29, 0.717) is 0 Å². The molecule has 0 nitrogen and oxygen atoms in total. The molecule has 0 N–H and O–H groups in total. The first kappa shape index (κ1) is 22.3. The van der Waals surface area contributed by atoms with Crippen molar-refractivity contribution in [3.8, 4) is 0 Å². The molecule has 2 aromatic rings. The average molecular weight is 578 g/mol. The summed E-state index contributed by atoms with van der Waals surface area (Å²) in [6.07, 6.45) is 14.4. The van der Waals surface area contributed by atoms with Crippen LogP contribution in [0.4, 0.5) is 0 Å². The Morgan fingerprint density at radius 1 is 0.577 bits per heavy atom. The molecule has 0 aliphatic carbocycles. The van der Waals surface area contributed by atoms with Gasteiger partial charge in [-0.3, -0.25) is 0 Å². The fourth-order valence-electron chi connectivity index (χ4n) is 3.07. The van der Waals surface area contributed by atoms with Gasteiger partial charge in [0.25, 0.3) is 0 Å². The van der Waals surface area contributed by atoms with E-state index in [-0.39, 0.29) is 41.8 Å². The van der Waals surface area contributed by atoms with E-state index in [4.69, 9.17) is 0 Å². The predicted molar refractivity (Wildman–Crippen MR) is 119 cm³/mol. The van der Waals surface area contributed by atoms with Crippen LogP contribution in [0.3, 0.4) is 0 Å². The molecule has 0 spiro atoms. The number of hydrogen-bond acceptors (Lipinski definition) is 0. The predicted octanol–water partition coefficient (Wildman–Crippen LogP) is 5.71.